The van der Waals surface area contributed by atoms with E-state index in [-0.39, 0.29) is 12.3 Å². The molecule has 0 aliphatic heterocycles. The number of anilines is 1. The molecule has 0 aliphatic carbocycles. The Kier molecular flexibility index (Phi) is 4.87. The third-order valence-electron chi connectivity index (χ3n) is 3.31. The summed E-state index contributed by atoms with van der Waals surface area (Å²) >= 11 is 11.9. The van der Waals surface area contributed by atoms with Gasteiger partial charge >= 0.3 is 5.97 Å². The number of imidazole rings is 1. The van der Waals surface area contributed by atoms with E-state index >= 15 is 0 Å². The lowest BCUT2D eigenvalue weighted by Gasteiger charge is -2.07. The standard InChI is InChI=1S/C16H14Cl2N4O2/c1-2-24-16(23)14-15(21-13-4-3-7-20-22(13)14)19-9-10-5-6-11(17)12(18)8-10/h3-8,19H,2,9H2,1H3. The fourth-order valence-corrected chi connectivity index (χ4v) is 2.55. The van der Waals surface area contributed by atoms with E-state index in [9.17, 15) is 4.79 Å². The molecule has 0 unspecified atom stereocenters. The van der Waals surface area contributed by atoms with Crippen molar-refractivity contribution in [1.82, 2.24) is 14.6 Å². The second-order valence-corrected chi connectivity index (χ2v) is 5.74. The number of nitrogens with one attached hydrogen (secondary N) is 1. The van der Waals surface area contributed by atoms with Crippen molar-refractivity contribution in [2.75, 3.05) is 11.9 Å². The number of fused-ring (bicyclic) bond motifs is 1. The van der Waals surface area contributed by atoms with Crippen LogP contribution in [0.3, 0.4) is 0 Å². The predicted octanol–water partition coefficient (Wildman–Crippen LogP) is 3.82. The highest BCUT2D eigenvalue weighted by Crippen LogP contribution is 2.24. The van der Waals surface area contributed by atoms with Crippen molar-refractivity contribution in [3.8, 4) is 0 Å². The zero-order chi connectivity index (χ0) is 17.1. The van der Waals surface area contributed by atoms with Gasteiger partial charge in [0.2, 0.25) is 0 Å². The van der Waals surface area contributed by atoms with Gasteiger partial charge in [-0.3, -0.25) is 0 Å². The Bertz CT molecular complexity index is 895. The van der Waals surface area contributed by atoms with Crippen LogP contribution in [0.1, 0.15) is 23.0 Å². The van der Waals surface area contributed by atoms with Gasteiger partial charge in [0, 0.05) is 12.7 Å². The number of halogens is 2. The summed E-state index contributed by atoms with van der Waals surface area (Å²) in [5, 5.41) is 8.25. The summed E-state index contributed by atoms with van der Waals surface area (Å²) in [6.07, 6.45) is 1.58. The minimum Gasteiger partial charge on any atom is -0.461 e. The Hall–Kier alpha value is -2.31. The van der Waals surface area contributed by atoms with Crippen LogP contribution in [0, 0.1) is 0 Å². The third kappa shape index (κ3) is 3.29. The Morgan fingerprint density at radius 1 is 1.29 bits per heavy atom. The molecule has 2 heterocycles. The van der Waals surface area contributed by atoms with Crippen molar-refractivity contribution >= 4 is 40.6 Å². The molecule has 0 spiro atoms. The molecule has 0 saturated carbocycles. The number of hydrogen-bond donors (Lipinski definition) is 1. The Balaban J connectivity index is 1.91. The molecule has 6 nitrogen and oxygen atoms in total. The van der Waals surface area contributed by atoms with Gasteiger partial charge in [-0.25, -0.2) is 14.3 Å². The van der Waals surface area contributed by atoms with Crippen molar-refractivity contribution in [2.45, 2.75) is 13.5 Å². The lowest BCUT2D eigenvalue weighted by Crippen LogP contribution is -2.12. The molecule has 0 atom stereocenters. The summed E-state index contributed by atoms with van der Waals surface area (Å²) in [5.74, 6) is -0.0847. The second kappa shape index (κ2) is 7.07. The maximum absolute atomic E-state index is 12.2. The van der Waals surface area contributed by atoms with Crippen molar-refractivity contribution in [1.29, 1.82) is 0 Å². The predicted molar refractivity (Wildman–Crippen MR) is 92.7 cm³/mol. The van der Waals surface area contributed by atoms with E-state index in [0.29, 0.717) is 28.1 Å². The molecule has 8 heteroatoms. The van der Waals surface area contributed by atoms with Crippen LogP contribution < -0.4 is 5.32 Å². The van der Waals surface area contributed by atoms with Crippen LogP contribution >= 0.6 is 23.2 Å². The van der Waals surface area contributed by atoms with Gasteiger partial charge in [0.15, 0.2) is 17.2 Å². The minimum atomic E-state index is -0.486. The van der Waals surface area contributed by atoms with Crippen molar-refractivity contribution in [3.05, 3.63) is 57.8 Å². The second-order valence-electron chi connectivity index (χ2n) is 4.93. The number of rotatable bonds is 5. The molecule has 0 bridgehead atoms. The van der Waals surface area contributed by atoms with Gasteiger partial charge in [0.1, 0.15) is 0 Å². The highest BCUT2D eigenvalue weighted by Gasteiger charge is 2.21. The summed E-state index contributed by atoms with van der Waals surface area (Å²) in [6.45, 7) is 2.44. The average Bonchev–Trinajstić information content (AvgIpc) is 2.94. The van der Waals surface area contributed by atoms with E-state index in [2.05, 4.69) is 15.4 Å². The summed E-state index contributed by atoms with van der Waals surface area (Å²) in [5.41, 5.74) is 1.72. The highest BCUT2D eigenvalue weighted by atomic mass is 35.5. The first-order valence-electron chi connectivity index (χ1n) is 7.29. The molecule has 0 radical (unpaired) electrons. The molecule has 0 aliphatic rings. The quantitative estimate of drug-likeness (QED) is 0.696. The molecule has 0 amide bonds. The number of esters is 1. The number of ether oxygens (including phenoxy) is 1. The monoisotopic (exact) mass is 364 g/mol. The topological polar surface area (TPSA) is 68.5 Å². The number of carbonyl (C=O) groups is 1. The maximum atomic E-state index is 12.2. The largest absolute Gasteiger partial charge is 0.461 e. The van der Waals surface area contributed by atoms with Crippen LogP contribution in [0.4, 0.5) is 5.82 Å². The lowest BCUT2D eigenvalue weighted by molar-refractivity contribution is 0.0518. The molecular weight excluding hydrogens is 351 g/mol. The van der Waals surface area contributed by atoms with Crippen LogP contribution in [-0.4, -0.2) is 27.2 Å². The first-order chi connectivity index (χ1) is 11.6. The molecule has 24 heavy (non-hydrogen) atoms. The third-order valence-corrected chi connectivity index (χ3v) is 4.04. The van der Waals surface area contributed by atoms with Crippen LogP contribution in [0.5, 0.6) is 0 Å². The van der Waals surface area contributed by atoms with E-state index in [1.807, 2.05) is 6.07 Å². The summed E-state index contributed by atoms with van der Waals surface area (Å²) in [4.78, 5) is 16.6. The van der Waals surface area contributed by atoms with Crippen LogP contribution in [0.15, 0.2) is 36.5 Å². The molecule has 1 aromatic carbocycles. The molecule has 2 aromatic heterocycles. The fourth-order valence-electron chi connectivity index (χ4n) is 2.23. The normalized spacial score (nSPS) is 10.8. The number of carbonyl (C=O) groups excluding carboxylic acids is 1. The minimum absolute atomic E-state index is 0.257. The Morgan fingerprint density at radius 3 is 2.88 bits per heavy atom. The summed E-state index contributed by atoms with van der Waals surface area (Å²) < 4.78 is 6.56. The van der Waals surface area contributed by atoms with Gasteiger partial charge in [-0.15, -0.1) is 0 Å². The summed E-state index contributed by atoms with van der Waals surface area (Å²) in [7, 11) is 0. The highest BCUT2D eigenvalue weighted by molar-refractivity contribution is 6.42. The van der Waals surface area contributed by atoms with E-state index in [1.165, 1.54) is 4.52 Å². The molecule has 3 aromatic rings. The van der Waals surface area contributed by atoms with Gasteiger partial charge in [-0.05, 0) is 36.8 Å². The van der Waals surface area contributed by atoms with E-state index < -0.39 is 5.97 Å². The van der Waals surface area contributed by atoms with E-state index in [4.69, 9.17) is 27.9 Å². The lowest BCUT2D eigenvalue weighted by atomic mass is 10.2. The summed E-state index contributed by atoms with van der Waals surface area (Å²) in [6, 6.07) is 8.84. The zero-order valence-electron chi connectivity index (χ0n) is 12.8. The van der Waals surface area contributed by atoms with Crippen LogP contribution in [-0.2, 0) is 11.3 Å². The maximum Gasteiger partial charge on any atom is 0.360 e. The Morgan fingerprint density at radius 2 is 2.12 bits per heavy atom. The molecule has 124 valence electrons. The number of aromatic nitrogens is 3. The first kappa shape index (κ1) is 16.5. The molecule has 3 rings (SSSR count). The molecule has 0 fully saturated rings. The van der Waals surface area contributed by atoms with E-state index in [1.54, 1.807) is 37.4 Å². The van der Waals surface area contributed by atoms with Gasteiger partial charge in [0.25, 0.3) is 0 Å². The van der Waals surface area contributed by atoms with Crippen molar-refractivity contribution in [3.63, 3.8) is 0 Å². The Labute approximate surface area is 148 Å². The number of hydrogen-bond acceptors (Lipinski definition) is 5. The van der Waals surface area contributed by atoms with Crippen molar-refractivity contribution < 1.29 is 9.53 Å². The van der Waals surface area contributed by atoms with Gasteiger partial charge < -0.3 is 10.1 Å². The molecule has 1 N–H and O–H groups in total. The van der Waals surface area contributed by atoms with Crippen molar-refractivity contribution in [2.24, 2.45) is 0 Å². The van der Waals surface area contributed by atoms with Gasteiger partial charge in [0.05, 0.1) is 16.7 Å². The molecule has 0 saturated heterocycles. The zero-order valence-corrected chi connectivity index (χ0v) is 14.3. The van der Waals surface area contributed by atoms with Crippen LogP contribution in [0.25, 0.3) is 5.65 Å². The fraction of sp³-hybridized carbons (Fsp3) is 0.188. The SMILES string of the molecule is CCOC(=O)c1c(NCc2ccc(Cl)c(Cl)c2)nc2cccnn12. The van der Waals surface area contributed by atoms with Gasteiger partial charge in [-0.1, -0.05) is 29.3 Å². The van der Waals surface area contributed by atoms with E-state index in [0.717, 1.165) is 5.56 Å². The average molecular weight is 365 g/mol. The first-order valence-corrected chi connectivity index (χ1v) is 8.04. The smallest absolute Gasteiger partial charge is 0.360 e. The molecular formula is C16H14Cl2N4O2. The number of benzene rings is 1. The van der Waals surface area contributed by atoms with Gasteiger partial charge in [-0.2, -0.15) is 5.10 Å². The van der Waals surface area contributed by atoms with Crippen LogP contribution in [0.2, 0.25) is 10.0 Å². The number of nitrogens with zero attached hydrogens (tertiary/aromatic N) is 3.